The van der Waals surface area contributed by atoms with Crippen LogP contribution in [0.3, 0.4) is 0 Å². The number of carbonyl (C=O) groups excluding carboxylic acids is 4. The molecular weight excluding hydrogens is 408 g/mol. The van der Waals surface area contributed by atoms with Crippen LogP contribution >= 0.6 is 11.3 Å². The van der Waals surface area contributed by atoms with E-state index in [1.54, 1.807) is 17.0 Å². The van der Waals surface area contributed by atoms with Crippen LogP contribution in [0.25, 0.3) is 0 Å². The Hall–Kier alpha value is -3.20. The van der Waals surface area contributed by atoms with Crippen LogP contribution in [0.2, 0.25) is 0 Å². The van der Waals surface area contributed by atoms with Crippen molar-refractivity contribution in [3.8, 4) is 0 Å². The van der Waals surface area contributed by atoms with Gasteiger partial charge in [0.15, 0.2) is 0 Å². The van der Waals surface area contributed by atoms with Crippen LogP contribution in [0.1, 0.15) is 49.7 Å². The number of nitrogens with one attached hydrogen (secondary N) is 1. The number of benzene rings is 1. The SMILES string of the molecule is COC(=O)c1cc(NC(=O)[C@@H]2CCCCN2C(=O)c2cccs2)cc(C(=O)OC)c1. The Balaban J connectivity index is 1.85. The molecule has 2 amide bonds. The maximum absolute atomic E-state index is 13.0. The van der Waals surface area contributed by atoms with Crippen molar-refractivity contribution in [3.05, 3.63) is 51.7 Å². The number of thiophene rings is 1. The number of carbonyl (C=O) groups is 4. The number of piperidine rings is 1. The minimum atomic E-state index is -0.650. The average molecular weight is 430 g/mol. The molecule has 30 heavy (non-hydrogen) atoms. The fraction of sp³-hybridized carbons (Fsp3) is 0.333. The number of hydrogen-bond donors (Lipinski definition) is 1. The molecule has 0 unspecified atom stereocenters. The second-order valence-corrected chi connectivity index (χ2v) is 7.71. The zero-order chi connectivity index (χ0) is 21.7. The molecule has 0 aliphatic carbocycles. The first-order valence-corrected chi connectivity index (χ1v) is 10.3. The highest BCUT2D eigenvalue weighted by Gasteiger charge is 2.33. The molecule has 1 aliphatic heterocycles. The molecule has 1 saturated heterocycles. The molecule has 158 valence electrons. The minimum absolute atomic E-state index is 0.103. The molecular formula is C21H22N2O6S. The van der Waals surface area contributed by atoms with Crippen molar-refractivity contribution in [2.75, 3.05) is 26.1 Å². The Labute approximate surface area is 177 Å². The Morgan fingerprint density at radius 3 is 2.27 bits per heavy atom. The highest BCUT2D eigenvalue weighted by atomic mass is 32.1. The van der Waals surface area contributed by atoms with E-state index >= 15 is 0 Å². The summed E-state index contributed by atoms with van der Waals surface area (Å²) in [6.07, 6.45) is 2.18. The van der Waals surface area contributed by atoms with Gasteiger partial charge < -0.3 is 19.7 Å². The first-order chi connectivity index (χ1) is 14.4. The molecule has 8 nitrogen and oxygen atoms in total. The van der Waals surface area contributed by atoms with Gasteiger partial charge in [0.25, 0.3) is 5.91 Å². The van der Waals surface area contributed by atoms with E-state index in [9.17, 15) is 19.2 Å². The van der Waals surface area contributed by atoms with Gasteiger partial charge in [-0.15, -0.1) is 11.3 Å². The molecule has 2 aromatic rings. The summed E-state index contributed by atoms with van der Waals surface area (Å²) in [5, 5.41) is 4.55. The molecule has 0 saturated carbocycles. The van der Waals surface area contributed by atoms with E-state index < -0.39 is 18.0 Å². The highest BCUT2D eigenvalue weighted by Crippen LogP contribution is 2.24. The van der Waals surface area contributed by atoms with Crippen molar-refractivity contribution in [1.29, 1.82) is 0 Å². The molecule has 1 fully saturated rings. The minimum Gasteiger partial charge on any atom is -0.465 e. The van der Waals surface area contributed by atoms with Crippen molar-refractivity contribution in [2.24, 2.45) is 0 Å². The maximum Gasteiger partial charge on any atom is 0.337 e. The van der Waals surface area contributed by atoms with E-state index in [1.165, 1.54) is 43.8 Å². The number of ether oxygens (including phenoxy) is 2. The standard InChI is InChI=1S/C21H22N2O6S/c1-28-20(26)13-10-14(21(27)29-2)12-15(11-13)22-18(24)16-6-3-4-8-23(16)19(25)17-7-5-9-30-17/h5,7,9-12,16H,3-4,6,8H2,1-2H3,(H,22,24)/t16-/m0/s1. The number of amides is 2. The normalized spacial score (nSPS) is 15.9. The topological polar surface area (TPSA) is 102 Å². The summed E-state index contributed by atoms with van der Waals surface area (Å²) in [6, 6.07) is 7.06. The zero-order valence-corrected chi connectivity index (χ0v) is 17.5. The first kappa shape index (κ1) is 21.5. The molecule has 0 bridgehead atoms. The number of anilines is 1. The van der Waals surface area contributed by atoms with Gasteiger partial charge in [0.1, 0.15) is 6.04 Å². The summed E-state index contributed by atoms with van der Waals surface area (Å²) in [4.78, 5) is 51.9. The van der Waals surface area contributed by atoms with Gasteiger partial charge in [-0.25, -0.2) is 9.59 Å². The lowest BCUT2D eigenvalue weighted by atomic mass is 10.0. The van der Waals surface area contributed by atoms with Gasteiger partial charge in [-0.3, -0.25) is 9.59 Å². The quantitative estimate of drug-likeness (QED) is 0.732. The number of nitrogens with zero attached hydrogens (tertiary/aromatic N) is 1. The first-order valence-electron chi connectivity index (χ1n) is 9.41. The molecule has 1 aromatic carbocycles. The van der Waals surface area contributed by atoms with Crippen molar-refractivity contribution < 1.29 is 28.7 Å². The van der Waals surface area contributed by atoms with Crippen LogP contribution in [0.15, 0.2) is 35.7 Å². The molecule has 1 aromatic heterocycles. The monoisotopic (exact) mass is 430 g/mol. The summed E-state index contributed by atoms with van der Waals surface area (Å²) in [5.74, 6) is -1.85. The predicted octanol–water partition coefficient (Wildman–Crippen LogP) is 2.95. The van der Waals surface area contributed by atoms with Gasteiger partial charge in [0.05, 0.1) is 30.2 Å². The van der Waals surface area contributed by atoms with Crippen molar-refractivity contribution in [2.45, 2.75) is 25.3 Å². The van der Waals surface area contributed by atoms with Crippen LogP contribution < -0.4 is 5.32 Å². The molecule has 3 rings (SSSR count). The largest absolute Gasteiger partial charge is 0.465 e. The summed E-state index contributed by atoms with van der Waals surface area (Å²) in [6.45, 7) is 0.491. The predicted molar refractivity (Wildman–Crippen MR) is 111 cm³/mol. The Kier molecular flexibility index (Phi) is 6.83. The number of methoxy groups -OCH3 is 2. The van der Waals surface area contributed by atoms with Gasteiger partial charge in [0.2, 0.25) is 5.91 Å². The van der Waals surface area contributed by atoms with E-state index in [2.05, 4.69) is 5.32 Å². The molecule has 1 aliphatic rings. The van der Waals surface area contributed by atoms with Crippen LogP contribution in [-0.2, 0) is 14.3 Å². The van der Waals surface area contributed by atoms with Crippen LogP contribution in [0, 0.1) is 0 Å². The number of esters is 2. The Morgan fingerprint density at radius 1 is 1.03 bits per heavy atom. The summed E-state index contributed by atoms with van der Waals surface area (Å²) in [5.41, 5.74) is 0.453. The molecule has 9 heteroatoms. The molecule has 2 heterocycles. The van der Waals surface area contributed by atoms with E-state index in [4.69, 9.17) is 9.47 Å². The smallest absolute Gasteiger partial charge is 0.337 e. The van der Waals surface area contributed by atoms with Crippen molar-refractivity contribution >= 4 is 40.8 Å². The van der Waals surface area contributed by atoms with Gasteiger partial charge in [-0.1, -0.05) is 6.07 Å². The molecule has 0 spiro atoms. The second kappa shape index (κ2) is 9.53. The number of likely N-dealkylation sites (tertiary alicyclic amines) is 1. The second-order valence-electron chi connectivity index (χ2n) is 6.76. The maximum atomic E-state index is 13.0. The average Bonchev–Trinajstić information content (AvgIpc) is 3.32. The van der Waals surface area contributed by atoms with Gasteiger partial charge in [0, 0.05) is 12.2 Å². The lowest BCUT2D eigenvalue weighted by Gasteiger charge is -2.34. The molecule has 0 radical (unpaired) electrons. The third-order valence-electron chi connectivity index (χ3n) is 4.84. The van der Waals surface area contributed by atoms with Crippen LogP contribution in [0.5, 0.6) is 0 Å². The molecule has 1 atom stereocenters. The van der Waals surface area contributed by atoms with Gasteiger partial charge >= 0.3 is 11.9 Å². The van der Waals surface area contributed by atoms with E-state index in [0.29, 0.717) is 17.8 Å². The summed E-state index contributed by atoms with van der Waals surface area (Å²) in [7, 11) is 2.45. The van der Waals surface area contributed by atoms with Crippen molar-refractivity contribution in [1.82, 2.24) is 4.90 Å². The summed E-state index contributed by atoms with van der Waals surface area (Å²) < 4.78 is 9.43. The van der Waals surface area contributed by atoms with Gasteiger partial charge in [-0.2, -0.15) is 0 Å². The third kappa shape index (κ3) is 4.68. The van der Waals surface area contributed by atoms with Gasteiger partial charge in [-0.05, 0) is 48.9 Å². The van der Waals surface area contributed by atoms with Crippen LogP contribution in [0.4, 0.5) is 5.69 Å². The van der Waals surface area contributed by atoms with Crippen molar-refractivity contribution in [3.63, 3.8) is 0 Å². The third-order valence-corrected chi connectivity index (χ3v) is 5.70. The lowest BCUT2D eigenvalue weighted by Crippen LogP contribution is -2.49. The Morgan fingerprint density at radius 2 is 1.70 bits per heavy atom. The number of hydrogen-bond acceptors (Lipinski definition) is 7. The van der Waals surface area contributed by atoms with E-state index in [1.807, 2.05) is 5.38 Å². The number of rotatable bonds is 5. The lowest BCUT2D eigenvalue weighted by molar-refractivity contribution is -0.121. The highest BCUT2D eigenvalue weighted by molar-refractivity contribution is 7.12. The van der Waals surface area contributed by atoms with E-state index in [-0.39, 0.29) is 28.6 Å². The molecule has 1 N–H and O–H groups in total. The Bertz CT molecular complexity index is 922. The fourth-order valence-corrected chi connectivity index (χ4v) is 4.06. The van der Waals surface area contributed by atoms with Crippen LogP contribution in [-0.4, -0.2) is 55.5 Å². The van der Waals surface area contributed by atoms with E-state index in [0.717, 1.165) is 12.8 Å². The zero-order valence-electron chi connectivity index (χ0n) is 16.7. The summed E-state index contributed by atoms with van der Waals surface area (Å²) >= 11 is 1.33. The fourth-order valence-electron chi connectivity index (χ4n) is 3.39.